The number of aromatic carboxylic acids is 1. The topological polar surface area (TPSA) is 122 Å². The number of nitro benzene ring substituents is 1. The molecule has 0 aliphatic carbocycles. The molecule has 0 unspecified atom stereocenters. The smallest absolute Gasteiger partial charge is 0.477 e. The summed E-state index contributed by atoms with van der Waals surface area (Å²) < 4.78 is 0. The Labute approximate surface area is 103 Å². The Morgan fingerprint density at radius 1 is 1.38 bits per heavy atom. The van der Waals surface area contributed by atoms with Gasteiger partial charge in [0.25, 0.3) is 5.69 Å². The first kappa shape index (κ1) is 12.3. The molecular weight excluding hydrogens is 312 g/mol. The summed E-state index contributed by atoms with van der Waals surface area (Å²) in [6, 6.07) is 2.18. The fourth-order valence-corrected chi connectivity index (χ4v) is 1.20. The van der Waals surface area contributed by atoms with Gasteiger partial charge in [-0.25, -0.2) is 4.79 Å². The first-order chi connectivity index (χ1) is 7.09. The number of hydrogen-bond acceptors (Lipinski definition) is 5. The minimum Gasteiger partial charge on any atom is -0.477 e. The predicted molar refractivity (Wildman–Crippen MR) is 47.5 cm³/mol. The van der Waals surface area contributed by atoms with E-state index in [9.17, 15) is 14.9 Å². The number of rotatable bonds is 2. The zero-order valence-corrected chi connectivity index (χ0v) is 8.95. The summed E-state index contributed by atoms with van der Waals surface area (Å²) in [4.78, 5) is 20.5. The van der Waals surface area contributed by atoms with E-state index in [1.54, 1.807) is 0 Å². The van der Waals surface area contributed by atoms with Crippen molar-refractivity contribution in [1.29, 1.82) is 0 Å². The minimum atomic E-state index is -1.37. The molecule has 0 bridgehead atoms. The van der Waals surface area contributed by atoms with E-state index in [1.807, 2.05) is 0 Å². The van der Waals surface area contributed by atoms with Gasteiger partial charge in [0.1, 0.15) is 16.6 Å². The number of H-pyrrole nitrogens is 1. The molecule has 0 aliphatic heterocycles. The molecule has 0 atom stereocenters. The number of nitro groups is 1. The first-order valence-corrected chi connectivity index (χ1v) is 3.82. The third-order valence-electron chi connectivity index (χ3n) is 1.86. The monoisotopic (exact) mass is 315 g/mol. The molecule has 16 heavy (non-hydrogen) atoms. The molecule has 9 heteroatoms. The summed E-state index contributed by atoms with van der Waals surface area (Å²) in [5.41, 5.74) is -0.366. The molecule has 8 nitrogen and oxygen atoms in total. The fraction of sp³-hybridized carbons (Fsp3) is 0. The van der Waals surface area contributed by atoms with Gasteiger partial charge in [-0.2, -0.15) is 15.4 Å². The average Bonchev–Trinajstić information content (AvgIpc) is 2.61. The van der Waals surface area contributed by atoms with Gasteiger partial charge in [0.2, 0.25) is 0 Å². The van der Waals surface area contributed by atoms with Crippen LogP contribution in [0.3, 0.4) is 0 Å². The largest absolute Gasteiger partial charge is 1.00 e. The van der Waals surface area contributed by atoms with Crippen molar-refractivity contribution in [2.24, 2.45) is 0 Å². The van der Waals surface area contributed by atoms with Crippen molar-refractivity contribution < 1.29 is 37.2 Å². The van der Waals surface area contributed by atoms with E-state index in [-0.39, 0.29) is 33.4 Å². The molecule has 0 radical (unpaired) electrons. The van der Waals surface area contributed by atoms with Crippen LogP contribution in [0.5, 0.6) is 0 Å². The molecular formula is C7H4AgN4O4+. The number of carbonyl (C=O) groups is 1. The molecule has 1 aromatic heterocycles. The molecule has 0 spiro atoms. The summed E-state index contributed by atoms with van der Waals surface area (Å²) in [5.74, 6) is -1.37. The Kier molecular flexibility index (Phi) is 3.38. The SMILES string of the molecule is O=C(O)c1cc2n[nH]nc2cc1[N+](=O)[O-].[Ag+]. The van der Waals surface area contributed by atoms with E-state index in [0.29, 0.717) is 0 Å². The molecule has 0 amide bonds. The number of aromatic nitrogens is 3. The maximum absolute atomic E-state index is 10.7. The van der Waals surface area contributed by atoms with Crippen molar-refractivity contribution in [2.45, 2.75) is 0 Å². The van der Waals surface area contributed by atoms with E-state index >= 15 is 0 Å². The normalized spacial score (nSPS) is 9.75. The molecule has 0 saturated carbocycles. The summed E-state index contributed by atoms with van der Waals surface area (Å²) in [7, 11) is 0. The Hall–Kier alpha value is -1.77. The number of nitrogens with one attached hydrogen (secondary N) is 1. The van der Waals surface area contributed by atoms with Crippen LogP contribution in [-0.4, -0.2) is 31.4 Å². The van der Waals surface area contributed by atoms with E-state index in [0.717, 1.165) is 12.1 Å². The summed E-state index contributed by atoms with van der Waals surface area (Å²) in [5, 5.41) is 28.8. The average molecular weight is 316 g/mol. The number of aromatic amines is 1. The van der Waals surface area contributed by atoms with Crippen LogP contribution in [0.15, 0.2) is 12.1 Å². The van der Waals surface area contributed by atoms with Crippen LogP contribution < -0.4 is 0 Å². The number of carboxylic acids is 1. The molecule has 0 fully saturated rings. The Morgan fingerprint density at radius 2 is 1.94 bits per heavy atom. The van der Waals surface area contributed by atoms with Crippen molar-refractivity contribution in [3.05, 3.63) is 27.8 Å². The Morgan fingerprint density at radius 3 is 2.44 bits per heavy atom. The Bertz CT molecular complexity index is 519. The van der Waals surface area contributed by atoms with Gasteiger partial charge in [0.05, 0.1) is 4.92 Å². The van der Waals surface area contributed by atoms with E-state index in [2.05, 4.69) is 15.4 Å². The summed E-state index contributed by atoms with van der Waals surface area (Å²) in [6.07, 6.45) is 0. The molecule has 2 aromatic rings. The molecule has 1 heterocycles. The predicted octanol–water partition coefficient (Wildman–Crippen LogP) is 0.562. The van der Waals surface area contributed by atoms with Gasteiger partial charge in [-0.05, 0) is 6.07 Å². The van der Waals surface area contributed by atoms with E-state index in [4.69, 9.17) is 5.11 Å². The van der Waals surface area contributed by atoms with Gasteiger partial charge in [-0.1, -0.05) is 0 Å². The zero-order chi connectivity index (χ0) is 11.0. The maximum atomic E-state index is 10.7. The van der Waals surface area contributed by atoms with E-state index < -0.39 is 22.1 Å². The van der Waals surface area contributed by atoms with Gasteiger partial charge >= 0.3 is 28.3 Å². The third kappa shape index (κ3) is 1.94. The summed E-state index contributed by atoms with van der Waals surface area (Å²) >= 11 is 0. The fourth-order valence-electron chi connectivity index (χ4n) is 1.20. The third-order valence-corrected chi connectivity index (χ3v) is 1.86. The summed E-state index contributed by atoms with van der Waals surface area (Å²) in [6.45, 7) is 0. The van der Waals surface area contributed by atoms with Crippen LogP contribution in [-0.2, 0) is 22.4 Å². The van der Waals surface area contributed by atoms with Crippen molar-refractivity contribution in [2.75, 3.05) is 0 Å². The molecule has 0 aliphatic rings. The number of hydrogen-bond donors (Lipinski definition) is 2. The number of carboxylic acid groups (broad SMARTS) is 1. The standard InChI is InChI=1S/C7H4N4O4.Ag/c12-7(13)3-1-4-5(9-10-8-4)2-6(3)11(14)15;/h1-2H,(H,12,13)(H,8,9,10);/q;+1. The molecule has 86 valence electrons. The van der Waals surface area contributed by atoms with Crippen molar-refractivity contribution in [1.82, 2.24) is 15.4 Å². The number of nitrogens with zero attached hydrogens (tertiary/aromatic N) is 3. The van der Waals surface area contributed by atoms with Crippen LogP contribution in [0.2, 0.25) is 0 Å². The van der Waals surface area contributed by atoms with Crippen LogP contribution in [0.25, 0.3) is 11.0 Å². The van der Waals surface area contributed by atoms with Crippen LogP contribution in [0.4, 0.5) is 5.69 Å². The molecule has 1 aromatic carbocycles. The van der Waals surface area contributed by atoms with Gasteiger partial charge in [-0.3, -0.25) is 10.1 Å². The second kappa shape index (κ2) is 4.39. The van der Waals surface area contributed by atoms with Gasteiger partial charge in [0, 0.05) is 6.07 Å². The minimum absolute atomic E-state index is 0. The van der Waals surface area contributed by atoms with Crippen molar-refractivity contribution >= 4 is 22.7 Å². The Balaban J connectivity index is 0.00000128. The second-order valence-electron chi connectivity index (χ2n) is 2.74. The zero-order valence-electron chi connectivity index (χ0n) is 7.47. The van der Waals surface area contributed by atoms with Crippen molar-refractivity contribution in [3.8, 4) is 0 Å². The quantitative estimate of drug-likeness (QED) is 0.474. The number of benzene rings is 1. The molecule has 2 N–H and O–H groups in total. The van der Waals surface area contributed by atoms with Crippen LogP contribution in [0.1, 0.15) is 10.4 Å². The van der Waals surface area contributed by atoms with Gasteiger partial charge < -0.3 is 5.11 Å². The van der Waals surface area contributed by atoms with Crippen LogP contribution >= 0.6 is 0 Å². The van der Waals surface area contributed by atoms with Gasteiger partial charge in [-0.15, -0.1) is 0 Å². The van der Waals surface area contributed by atoms with E-state index in [1.165, 1.54) is 0 Å². The van der Waals surface area contributed by atoms with Crippen LogP contribution in [0, 0.1) is 10.1 Å². The maximum Gasteiger partial charge on any atom is 1.00 e. The van der Waals surface area contributed by atoms with Gasteiger partial charge in [0.15, 0.2) is 0 Å². The first-order valence-electron chi connectivity index (χ1n) is 3.82. The molecule has 0 saturated heterocycles. The van der Waals surface area contributed by atoms with Crippen molar-refractivity contribution in [3.63, 3.8) is 0 Å². The second-order valence-corrected chi connectivity index (χ2v) is 2.74. The number of fused-ring (bicyclic) bond motifs is 1. The molecule has 2 rings (SSSR count).